The van der Waals surface area contributed by atoms with Gasteiger partial charge in [0.2, 0.25) is 0 Å². The van der Waals surface area contributed by atoms with Crippen LogP contribution in [0, 0.1) is 6.92 Å². The summed E-state index contributed by atoms with van der Waals surface area (Å²) in [5, 5.41) is 0.610. The van der Waals surface area contributed by atoms with Crippen molar-refractivity contribution in [1.82, 2.24) is 4.90 Å². The molecule has 4 nitrogen and oxygen atoms in total. The summed E-state index contributed by atoms with van der Waals surface area (Å²) in [4.78, 5) is 14.3. The topological polar surface area (TPSA) is 54.5 Å². The number of carbonyl (C=O) groups is 1. The number of benzene rings is 2. The van der Waals surface area contributed by atoms with Crippen LogP contribution in [0.2, 0.25) is 5.02 Å². The number of halogens is 1. The van der Waals surface area contributed by atoms with Gasteiger partial charge in [0.25, 0.3) is 5.91 Å². The third-order valence-corrected chi connectivity index (χ3v) is 4.87. The van der Waals surface area contributed by atoms with Crippen molar-refractivity contribution in [3.05, 3.63) is 64.2 Å². The predicted octanol–water partition coefficient (Wildman–Crippen LogP) is 3.32. The van der Waals surface area contributed by atoms with Crippen LogP contribution in [0.5, 0.6) is 0 Å². The SMILES string of the molecule is Cc1ccc(S(C)(=O)=O)cc1C(=O)N(C)Cc1cccc(Cl)c1. The van der Waals surface area contributed by atoms with Gasteiger partial charge in [-0.1, -0.05) is 29.8 Å². The zero-order chi connectivity index (χ0) is 17.2. The van der Waals surface area contributed by atoms with Gasteiger partial charge >= 0.3 is 0 Å². The second-order valence-corrected chi connectivity index (χ2v) is 7.99. The molecule has 0 aromatic heterocycles. The summed E-state index contributed by atoms with van der Waals surface area (Å²) in [6, 6.07) is 11.9. The van der Waals surface area contributed by atoms with E-state index in [0.29, 0.717) is 17.1 Å². The molecule has 0 saturated carbocycles. The molecule has 0 saturated heterocycles. The molecule has 0 unspecified atom stereocenters. The highest BCUT2D eigenvalue weighted by atomic mass is 35.5. The Bertz CT molecular complexity index is 847. The molecule has 122 valence electrons. The fraction of sp³-hybridized carbons (Fsp3) is 0.235. The summed E-state index contributed by atoms with van der Waals surface area (Å²) in [5.41, 5.74) is 2.03. The molecule has 0 aliphatic rings. The lowest BCUT2D eigenvalue weighted by Gasteiger charge is -2.19. The van der Waals surface area contributed by atoms with E-state index in [4.69, 9.17) is 11.6 Å². The minimum Gasteiger partial charge on any atom is -0.337 e. The van der Waals surface area contributed by atoms with Gasteiger partial charge in [-0.05, 0) is 42.3 Å². The highest BCUT2D eigenvalue weighted by Gasteiger charge is 2.17. The summed E-state index contributed by atoms with van der Waals surface area (Å²) in [6.07, 6.45) is 1.13. The average molecular weight is 352 g/mol. The lowest BCUT2D eigenvalue weighted by molar-refractivity contribution is 0.0784. The molecular formula is C17H18ClNO3S. The molecule has 0 spiro atoms. The van der Waals surface area contributed by atoms with Gasteiger partial charge in [-0.2, -0.15) is 0 Å². The third kappa shape index (κ3) is 4.33. The number of rotatable bonds is 4. The number of nitrogens with zero attached hydrogens (tertiary/aromatic N) is 1. The Kier molecular flexibility index (Phi) is 5.12. The van der Waals surface area contributed by atoms with Crippen molar-refractivity contribution < 1.29 is 13.2 Å². The minimum absolute atomic E-state index is 0.141. The summed E-state index contributed by atoms with van der Waals surface area (Å²) >= 11 is 5.95. The van der Waals surface area contributed by atoms with E-state index in [1.54, 1.807) is 37.1 Å². The van der Waals surface area contributed by atoms with Crippen LogP contribution < -0.4 is 0 Å². The Hall–Kier alpha value is -1.85. The Labute approximate surface area is 141 Å². The molecule has 2 aromatic carbocycles. The largest absolute Gasteiger partial charge is 0.337 e. The fourth-order valence-electron chi connectivity index (χ4n) is 2.25. The third-order valence-electron chi connectivity index (χ3n) is 3.52. The molecule has 0 N–H and O–H groups in total. The molecule has 6 heteroatoms. The van der Waals surface area contributed by atoms with Crippen LogP contribution in [0.4, 0.5) is 0 Å². The van der Waals surface area contributed by atoms with Gasteiger partial charge in [0.05, 0.1) is 4.90 Å². The second-order valence-electron chi connectivity index (χ2n) is 5.54. The van der Waals surface area contributed by atoms with Gasteiger partial charge in [-0.15, -0.1) is 0 Å². The number of amides is 1. The number of hydrogen-bond acceptors (Lipinski definition) is 3. The molecule has 0 radical (unpaired) electrons. The molecule has 1 amide bonds. The Morgan fingerprint density at radius 2 is 1.87 bits per heavy atom. The molecule has 0 bridgehead atoms. The van der Waals surface area contributed by atoms with E-state index in [0.717, 1.165) is 17.4 Å². The minimum atomic E-state index is -3.35. The van der Waals surface area contributed by atoms with Crippen molar-refractivity contribution in [1.29, 1.82) is 0 Å². The first kappa shape index (κ1) is 17.5. The van der Waals surface area contributed by atoms with Crippen molar-refractivity contribution in [2.45, 2.75) is 18.4 Å². The Morgan fingerprint density at radius 1 is 1.17 bits per heavy atom. The van der Waals surface area contributed by atoms with E-state index in [-0.39, 0.29) is 10.8 Å². The summed E-state index contributed by atoms with van der Waals surface area (Å²) < 4.78 is 23.4. The van der Waals surface area contributed by atoms with E-state index >= 15 is 0 Å². The van der Waals surface area contributed by atoms with Gasteiger partial charge in [0, 0.05) is 30.4 Å². The molecule has 0 aliphatic carbocycles. The molecule has 0 heterocycles. The van der Waals surface area contributed by atoms with Gasteiger partial charge in [0.1, 0.15) is 0 Å². The Morgan fingerprint density at radius 3 is 2.48 bits per heavy atom. The highest BCUT2D eigenvalue weighted by molar-refractivity contribution is 7.90. The molecule has 23 heavy (non-hydrogen) atoms. The maximum absolute atomic E-state index is 12.6. The van der Waals surface area contributed by atoms with Gasteiger partial charge in [-0.3, -0.25) is 4.79 Å². The number of sulfone groups is 1. The number of carbonyl (C=O) groups excluding carboxylic acids is 1. The van der Waals surface area contributed by atoms with E-state index < -0.39 is 9.84 Å². The molecule has 0 aliphatic heterocycles. The van der Waals surface area contributed by atoms with Crippen LogP contribution >= 0.6 is 11.6 Å². The van der Waals surface area contributed by atoms with Crippen molar-refractivity contribution in [2.24, 2.45) is 0 Å². The molecular weight excluding hydrogens is 334 g/mol. The van der Waals surface area contributed by atoms with E-state index in [1.807, 2.05) is 12.1 Å². The summed E-state index contributed by atoms with van der Waals surface area (Å²) in [5.74, 6) is -0.229. The van der Waals surface area contributed by atoms with Crippen LogP contribution in [0.1, 0.15) is 21.5 Å². The first-order valence-corrected chi connectivity index (χ1v) is 9.26. The summed E-state index contributed by atoms with van der Waals surface area (Å²) in [6.45, 7) is 2.18. The van der Waals surface area contributed by atoms with Gasteiger partial charge in [0.15, 0.2) is 9.84 Å². The molecule has 0 fully saturated rings. The standard InChI is InChI=1S/C17H18ClNO3S/c1-12-7-8-15(23(3,21)22)10-16(12)17(20)19(2)11-13-5-4-6-14(18)9-13/h4-10H,11H2,1-3H3. The smallest absolute Gasteiger partial charge is 0.254 e. The fourth-order valence-corrected chi connectivity index (χ4v) is 3.11. The lowest BCUT2D eigenvalue weighted by Crippen LogP contribution is -2.27. The van der Waals surface area contributed by atoms with Crippen LogP contribution in [0.25, 0.3) is 0 Å². The van der Waals surface area contributed by atoms with Crippen molar-refractivity contribution >= 4 is 27.3 Å². The normalized spacial score (nSPS) is 11.3. The second kappa shape index (κ2) is 6.72. The van der Waals surface area contributed by atoms with Crippen LogP contribution in [0.3, 0.4) is 0 Å². The van der Waals surface area contributed by atoms with Crippen molar-refractivity contribution in [3.63, 3.8) is 0 Å². The lowest BCUT2D eigenvalue weighted by atomic mass is 10.1. The van der Waals surface area contributed by atoms with Crippen LogP contribution in [-0.4, -0.2) is 32.5 Å². The average Bonchev–Trinajstić information content (AvgIpc) is 2.45. The van der Waals surface area contributed by atoms with Gasteiger partial charge < -0.3 is 4.90 Å². The first-order chi connectivity index (χ1) is 10.7. The molecule has 0 atom stereocenters. The van der Waals surface area contributed by atoms with Crippen molar-refractivity contribution in [3.8, 4) is 0 Å². The molecule has 2 aromatic rings. The maximum atomic E-state index is 12.6. The van der Waals surface area contributed by atoms with Crippen LogP contribution in [0.15, 0.2) is 47.4 Å². The predicted molar refractivity (Wildman–Crippen MR) is 91.5 cm³/mol. The first-order valence-electron chi connectivity index (χ1n) is 6.99. The zero-order valence-electron chi connectivity index (χ0n) is 13.2. The highest BCUT2D eigenvalue weighted by Crippen LogP contribution is 2.19. The van der Waals surface area contributed by atoms with Crippen molar-refractivity contribution in [2.75, 3.05) is 13.3 Å². The quantitative estimate of drug-likeness (QED) is 0.849. The number of aryl methyl sites for hydroxylation is 1. The Balaban J connectivity index is 2.29. The van der Waals surface area contributed by atoms with E-state index in [1.165, 1.54) is 12.1 Å². The monoisotopic (exact) mass is 351 g/mol. The summed E-state index contributed by atoms with van der Waals surface area (Å²) in [7, 11) is -1.68. The van der Waals surface area contributed by atoms with E-state index in [2.05, 4.69) is 0 Å². The zero-order valence-corrected chi connectivity index (χ0v) is 14.8. The maximum Gasteiger partial charge on any atom is 0.254 e. The van der Waals surface area contributed by atoms with E-state index in [9.17, 15) is 13.2 Å². The number of hydrogen-bond donors (Lipinski definition) is 0. The van der Waals surface area contributed by atoms with Crippen LogP contribution in [-0.2, 0) is 16.4 Å². The molecule has 2 rings (SSSR count). The van der Waals surface area contributed by atoms with Gasteiger partial charge in [-0.25, -0.2) is 8.42 Å².